The lowest BCUT2D eigenvalue weighted by atomic mass is 9.87. The van der Waals surface area contributed by atoms with Crippen molar-refractivity contribution < 1.29 is 9.50 Å². The number of rotatable bonds is 1. The fraction of sp³-hybridized carbons (Fsp3) is 0.385. The number of aliphatic hydroxyl groups excluding tert-OH is 1. The second-order valence-corrected chi connectivity index (χ2v) is 4.16. The topological polar surface area (TPSA) is 20.2 Å². The van der Waals surface area contributed by atoms with Crippen LogP contribution < -0.4 is 0 Å². The summed E-state index contributed by atoms with van der Waals surface area (Å²) >= 11 is 0. The maximum absolute atomic E-state index is 13.6. The molecule has 1 nitrogen and oxygen atoms in total. The van der Waals surface area contributed by atoms with Gasteiger partial charge in [0, 0.05) is 5.92 Å². The first kappa shape index (κ1) is 10.4. The zero-order valence-corrected chi connectivity index (χ0v) is 8.78. The lowest BCUT2D eigenvalue weighted by Gasteiger charge is -2.20. The van der Waals surface area contributed by atoms with Gasteiger partial charge in [0.05, 0.1) is 6.10 Å². The van der Waals surface area contributed by atoms with E-state index in [9.17, 15) is 9.50 Å². The Bertz CT molecular complexity index is 384. The molecule has 0 aromatic heterocycles. The lowest BCUT2D eigenvalue weighted by molar-refractivity contribution is 0.200. The minimum absolute atomic E-state index is 0.119. The van der Waals surface area contributed by atoms with Crippen molar-refractivity contribution in [2.24, 2.45) is 0 Å². The molecule has 2 rings (SSSR count). The highest BCUT2D eigenvalue weighted by Crippen LogP contribution is 2.29. The molecule has 0 spiro atoms. The third-order valence-corrected chi connectivity index (χ3v) is 2.89. The standard InChI is InChI=1S/C13H15FO/c1-9-2-7-12(13(14)8-9)10-3-5-11(15)6-4-10/h2-3,5,7-8,10-11,15H,4,6H2,1H3. The molecule has 0 saturated heterocycles. The average Bonchev–Trinajstić information content (AvgIpc) is 2.20. The molecule has 0 bridgehead atoms. The highest BCUT2D eigenvalue weighted by molar-refractivity contribution is 5.30. The van der Waals surface area contributed by atoms with Crippen LogP contribution in [-0.2, 0) is 0 Å². The fourth-order valence-electron chi connectivity index (χ4n) is 2.00. The highest BCUT2D eigenvalue weighted by atomic mass is 19.1. The molecule has 0 heterocycles. The SMILES string of the molecule is Cc1ccc(C2C=CC(O)CC2)c(F)c1. The Kier molecular flexibility index (Phi) is 2.87. The van der Waals surface area contributed by atoms with Gasteiger partial charge in [0.1, 0.15) is 5.82 Å². The van der Waals surface area contributed by atoms with E-state index in [0.717, 1.165) is 17.5 Å². The fourth-order valence-corrected chi connectivity index (χ4v) is 2.00. The number of hydrogen-bond acceptors (Lipinski definition) is 1. The summed E-state index contributed by atoms with van der Waals surface area (Å²) < 4.78 is 13.6. The molecule has 1 aliphatic carbocycles. The summed E-state index contributed by atoms with van der Waals surface area (Å²) in [6.07, 6.45) is 4.84. The minimum Gasteiger partial charge on any atom is -0.389 e. The molecular formula is C13H15FO. The van der Waals surface area contributed by atoms with Gasteiger partial charge in [-0.05, 0) is 37.0 Å². The van der Waals surface area contributed by atoms with Gasteiger partial charge < -0.3 is 5.11 Å². The third kappa shape index (κ3) is 2.26. The molecule has 1 aromatic carbocycles. The summed E-state index contributed by atoms with van der Waals surface area (Å²) in [6, 6.07) is 5.34. The summed E-state index contributed by atoms with van der Waals surface area (Å²) in [5.41, 5.74) is 1.68. The molecule has 1 aromatic rings. The Balaban J connectivity index is 2.26. The van der Waals surface area contributed by atoms with Crippen molar-refractivity contribution in [3.63, 3.8) is 0 Å². The smallest absolute Gasteiger partial charge is 0.127 e. The van der Waals surface area contributed by atoms with Gasteiger partial charge in [-0.2, -0.15) is 0 Å². The van der Waals surface area contributed by atoms with Crippen LogP contribution in [-0.4, -0.2) is 11.2 Å². The van der Waals surface area contributed by atoms with E-state index >= 15 is 0 Å². The van der Waals surface area contributed by atoms with Crippen molar-refractivity contribution in [1.82, 2.24) is 0 Å². The largest absolute Gasteiger partial charge is 0.389 e. The number of aryl methyl sites for hydroxylation is 1. The average molecular weight is 206 g/mol. The Morgan fingerprint density at radius 2 is 2.07 bits per heavy atom. The first-order valence-electron chi connectivity index (χ1n) is 5.29. The van der Waals surface area contributed by atoms with E-state index in [4.69, 9.17) is 0 Å². The molecule has 0 radical (unpaired) electrons. The van der Waals surface area contributed by atoms with Gasteiger partial charge >= 0.3 is 0 Å². The molecule has 1 N–H and O–H groups in total. The Hall–Kier alpha value is -1.15. The minimum atomic E-state index is -0.352. The van der Waals surface area contributed by atoms with Crippen LogP contribution in [0.5, 0.6) is 0 Å². The number of hydrogen-bond donors (Lipinski definition) is 1. The zero-order valence-electron chi connectivity index (χ0n) is 8.78. The summed E-state index contributed by atoms with van der Waals surface area (Å²) in [5, 5.41) is 9.31. The van der Waals surface area contributed by atoms with Gasteiger partial charge in [-0.25, -0.2) is 4.39 Å². The van der Waals surface area contributed by atoms with Gasteiger partial charge in [0.15, 0.2) is 0 Å². The quantitative estimate of drug-likeness (QED) is 0.700. The van der Waals surface area contributed by atoms with Crippen molar-refractivity contribution in [3.05, 3.63) is 47.3 Å². The van der Waals surface area contributed by atoms with Crippen molar-refractivity contribution >= 4 is 0 Å². The molecular weight excluding hydrogens is 191 g/mol. The van der Waals surface area contributed by atoms with Crippen LogP contribution in [0.2, 0.25) is 0 Å². The first-order valence-corrected chi connectivity index (χ1v) is 5.29. The van der Waals surface area contributed by atoms with Crippen molar-refractivity contribution in [2.45, 2.75) is 31.8 Å². The lowest BCUT2D eigenvalue weighted by Crippen LogP contribution is -2.12. The second-order valence-electron chi connectivity index (χ2n) is 4.16. The van der Waals surface area contributed by atoms with Gasteiger partial charge in [-0.15, -0.1) is 0 Å². The third-order valence-electron chi connectivity index (χ3n) is 2.89. The molecule has 80 valence electrons. The van der Waals surface area contributed by atoms with Crippen molar-refractivity contribution in [3.8, 4) is 0 Å². The van der Waals surface area contributed by atoms with E-state index < -0.39 is 0 Å². The second kappa shape index (κ2) is 4.15. The molecule has 0 fully saturated rings. The van der Waals surface area contributed by atoms with Crippen LogP contribution in [0.1, 0.15) is 29.9 Å². The molecule has 2 unspecified atom stereocenters. The number of halogens is 1. The normalized spacial score (nSPS) is 25.5. The molecule has 1 aliphatic rings. The van der Waals surface area contributed by atoms with Crippen LogP contribution in [0.25, 0.3) is 0 Å². The van der Waals surface area contributed by atoms with Gasteiger partial charge in [-0.3, -0.25) is 0 Å². The molecule has 15 heavy (non-hydrogen) atoms. The van der Waals surface area contributed by atoms with Crippen LogP contribution >= 0.6 is 0 Å². The molecule has 2 heteroatoms. The van der Waals surface area contributed by atoms with Crippen molar-refractivity contribution in [2.75, 3.05) is 0 Å². The highest BCUT2D eigenvalue weighted by Gasteiger charge is 2.18. The van der Waals surface area contributed by atoms with E-state index in [0.29, 0.717) is 6.42 Å². The van der Waals surface area contributed by atoms with Crippen LogP contribution in [0.4, 0.5) is 4.39 Å². The predicted octanol–water partition coefficient (Wildman–Crippen LogP) is 2.93. The van der Waals surface area contributed by atoms with Gasteiger partial charge in [0.25, 0.3) is 0 Å². The summed E-state index contributed by atoms with van der Waals surface area (Å²) in [6.45, 7) is 1.88. The van der Waals surface area contributed by atoms with E-state index in [1.165, 1.54) is 0 Å². The number of benzene rings is 1. The molecule has 0 saturated carbocycles. The maximum Gasteiger partial charge on any atom is 0.127 e. The van der Waals surface area contributed by atoms with Gasteiger partial charge in [0.2, 0.25) is 0 Å². The Morgan fingerprint density at radius 3 is 2.67 bits per heavy atom. The first-order chi connectivity index (χ1) is 7.16. The van der Waals surface area contributed by atoms with Crippen molar-refractivity contribution in [1.29, 1.82) is 0 Å². The molecule has 0 amide bonds. The van der Waals surface area contributed by atoms with E-state index in [-0.39, 0.29) is 17.8 Å². The van der Waals surface area contributed by atoms with E-state index in [2.05, 4.69) is 0 Å². The van der Waals surface area contributed by atoms with Crippen LogP contribution in [0.15, 0.2) is 30.4 Å². The number of allylic oxidation sites excluding steroid dienone is 1. The zero-order chi connectivity index (χ0) is 10.8. The Labute approximate surface area is 89.3 Å². The maximum atomic E-state index is 13.6. The predicted molar refractivity (Wildman–Crippen MR) is 58.3 cm³/mol. The molecule has 0 aliphatic heterocycles. The van der Waals surface area contributed by atoms with Gasteiger partial charge in [-0.1, -0.05) is 24.3 Å². The van der Waals surface area contributed by atoms with E-state index in [1.807, 2.05) is 25.1 Å². The summed E-state index contributed by atoms with van der Waals surface area (Å²) in [5.74, 6) is -0.0185. The monoisotopic (exact) mass is 206 g/mol. The molecule has 2 atom stereocenters. The Morgan fingerprint density at radius 1 is 1.27 bits per heavy atom. The summed E-state index contributed by atoms with van der Waals surface area (Å²) in [4.78, 5) is 0. The number of aliphatic hydroxyl groups is 1. The van der Waals surface area contributed by atoms with Crippen LogP contribution in [0, 0.1) is 12.7 Å². The van der Waals surface area contributed by atoms with Crippen LogP contribution in [0.3, 0.4) is 0 Å². The summed E-state index contributed by atoms with van der Waals surface area (Å²) in [7, 11) is 0. The van der Waals surface area contributed by atoms with E-state index in [1.54, 1.807) is 12.1 Å².